The van der Waals surface area contributed by atoms with Crippen molar-refractivity contribution >= 4 is 33.6 Å². The summed E-state index contributed by atoms with van der Waals surface area (Å²) < 4.78 is 32.7. The molecule has 0 spiro atoms. The van der Waals surface area contributed by atoms with Gasteiger partial charge in [0.25, 0.3) is 5.89 Å². The average molecular weight is 551 g/mol. The summed E-state index contributed by atoms with van der Waals surface area (Å²) in [5.74, 6) is -2.53. The number of ketones is 1. The number of carbonyl (C=O) groups is 3. The van der Waals surface area contributed by atoms with Gasteiger partial charge in [-0.15, -0.1) is 0 Å². The minimum Gasteiger partial charge on any atom is -0.442 e. The van der Waals surface area contributed by atoms with Gasteiger partial charge in [-0.1, -0.05) is 30.3 Å². The van der Waals surface area contributed by atoms with Crippen molar-refractivity contribution in [3.63, 3.8) is 0 Å². The summed E-state index contributed by atoms with van der Waals surface area (Å²) in [4.78, 5) is 45.7. The first-order chi connectivity index (χ1) is 18.1. The van der Waals surface area contributed by atoms with Crippen LogP contribution in [0.4, 0.5) is 0 Å². The molecule has 0 bridgehead atoms. The van der Waals surface area contributed by atoms with Gasteiger partial charge in [0.2, 0.25) is 27.6 Å². The van der Waals surface area contributed by atoms with Crippen LogP contribution in [0.15, 0.2) is 52.2 Å². The Morgan fingerprint density at radius 1 is 1.05 bits per heavy atom. The van der Waals surface area contributed by atoms with E-state index < -0.39 is 46.2 Å². The van der Waals surface area contributed by atoms with Gasteiger partial charge in [0.15, 0.2) is 5.96 Å². The molecule has 14 nitrogen and oxygen atoms in total. The Kier molecular flexibility index (Phi) is 12.4. The van der Waals surface area contributed by atoms with E-state index in [2.05, 4.69) is 25.3 Å². The van der Waals surface area contributed by atoms with Gasteiger partial charge in [0.1, 0.15) is 12.3 Å². The molecule has 9 N–H and O–H groups in total. The summed E-state index contributed by atoms with van der Waals surface area (Å²) in [6.45, 7) is -0.0208. The van der Waals surface area contributed by atoms with Gasteiger partial charge in [-0.05, 0) is 37.8 Å². The third-order valence-electron chi connectivity index (χ3n) is 5.20. The molecule has 0 saturated heterocycles. The summed E-state index contributed by atoms with van der Waals surface area (Å²) in [7, 11) is -3.86. The molecule has 0 radical (unpaired) electrons. The number of hydrogen-bond acceptors (Lipinski definition) is 9. The molecule has 38 heavy (non-hydrogen) atoms. The molecular formula is C23H34N8O6S. The maximum atomic E-state index is 12.8. The summed E-state index contributed by atoms with van der Waals surface area (Å²) in [5.41, 5.74) is 16.7. The minimum atomic E-state index is -3.86. The molecule has 0 aliphatic carbocycles. The third kappa shape index (κ3) is 11.1. The molecule has 0 unspecified atom stereocenters. The van der Waals surface area contributed by atoms with E-state index in [1.807, 2.05) is 0 Å². The van der Waals surface area contributed by atoms with Crippen molar-refractivity contribution in [1.82, 2.24) is 20.3 Å². The summed E-state index contributed by atoms with van der Waals surface area (Å²) >= 11 is 0. The number of nitrogens with two attached hydrogens (primary N) is 3. The molecule has 0 aliphatic heterocycles. The molecule has 1 aromatic carbocycles. The predicted molar refractivity (Wildman–Crippen MR) is 140 cm³/mol. The fourth-order valence-corrected chi connectivity index (χ4v) is 4.79. The second-order valence-electron chi connectivity index (χ2n) is 8.33. The number of oxazole rings is 1. The summed E-state index contributed by atoms with van der Waals surface area (Å²) in [5, 5.41) is 4.95. The van der Waals surface area contributed by atoms with E-state index in [9.17, 15) is 22.8 Å². The van der Waals surface area contributed by atoms with Crippen LogP contribution in [0.1, 0.15) is 41.9 Å². The second-order valence-corrected chi connectivity index (χ2v) is 10.1. The maximum absolute atomic E-state index is 12.8. The molecule has 2 amide bonds. The van der Waals surface area contributed by atoms with Crippen LogP contribution in [0.5, 0.6) is 0 Å². The highest BCUT2D eigenvalue weighted by Crippen LogP contribution is 2.08. The summed E-state index contributed by atoms with van der Waals surface area (Å²) in [6, 6.07) is 6.36. The zero-order valence-electron chi connectivity index (χ0n) is 20.8. The molecule has 2 rings (SSSR count). The summed E-state index contributed by atoms with van der Waals surface area (Å²) in [6.07, 6.45) is 3.58. The SMILES string of the molecule is NCCC[C@@H](NS(=O)(=O)Cc1ccccc1)C(=O)NCC(=O)N[C@@H](CCCN=C(N)N)C(=O)c1ncco1. The van der Waals surface area contributed by atoms with Crippen LogP contribution in [0.2, 0.25) is 0 Å². The van der Waals surface area contributed by atoms with E-state index in [-0.39, 0.29) is 43.5 Å². The number of nitrogens with zero attached hydrogens (tertiary/aromatic N) is 2. The minimum absolute atomic E-state index is 0.101. The first-order valence-electron chi connectivity index (χ1n) is 11.9. The monoisotopic (exact) mass is 550 g/mol. The number of carbonyl (C=O) groups excluding carboxylic acids is 3. The highest BCUT2D eigenvalue weighted by Gasteiger charge is 2.27. The second kappa shape index (κ2) is 15.4. The van der Waals surface area contributed by atoms with Crippen LogP contribution in [-0.2, 0) is 25.4 Å². The van der Waals surface area contributed by atoms with Gasteiger partial charge in [-0.2, -0.15) is 0 Å². The van der Waals surface area contributed by atoms with Gasteiger partial charge in [-0.3, -0.25) is 19.4 Å². The number of benzene rings is 1. The first-order valence-corrected chi connectivity index (χ1v) is 13.6. The molecule has 2 atom stereocenters. The lowest BCUT2D eigenvalue weighted by Gasteiger charge is -2.19. The molecular weight excluding hydrogens is 516 g/mol. The predicted octanol–water partition coefficient (Wildman–Crippen LogP) is -1.26. The molecule has 0 saturated carbocycles. The van der Waals surface area contributed by atoms with Crippen molar-refractivity contribution in [2.24, 2.45) is 22.2 Å². The van der Waals surface area contributed by atoms with Crippen LogP contribution in [-0.4, -0.2) is 68.7 Å². The number of guanidine groups is 1. The third-order valence-corrected chi connectivity index (χ3v) is 6.56. The molecule has 208 valence electrons. The van der Waals surface area contributed by atoms with Crippen LogP contribution < -0.4 is 32.6 Å². The Morgan fingerprint density at radius 2 is 1.76 bits per heavy atom. The fraction of sp³-hybridized carbons (Fsp3) is 0.435. The van der Waals surface area contributed by atoms with Crippen LogP contribution in [0.25, 0.3) is 0 Å². The number of nitrogens with one attached hydrogen (secondary N) is 3. The Labute approximate surface area is 220 Å². The van der Waals surface area contributed by atoms with Gasteiger partial charge in [0.05, 0.1) is 24.5 Å². The van der Waals surface area contributed by atoms with Crippen molar-refractivity contribution < 1.29 is 27.2 Å². The quantitative estimate of drug-likeness (QED) is 0.0591. The Morgan fingerprint density at radius 3 is 2.39 bits per heavy atom. The number of amides is 2. The molecule has 0 fully saturated rings. The van der Waals surface area contributed by atoms with Crippen molar-refractivity contribution in [3.05, 3.63) is 54.2 Å². The van der Waals surface area contributed by atoms with Crippen molar-refractivity contribution in [2.45, 2.75) is 43.5 Å². The standard InChI is InChI=1S/C23H34N8O6S/c24-10-4-8-18(31-38(35,36)15-16-6-2-1-3-7-16)21(34)29-14-19(32)30-17(9-5-11-28-23(25)26)20(33)22-27-12-13-37-22/h1-3,6-7,12-13,17-18,31H,4-5,8-11,14-15,24H2,(H,29,34)(H,30,32)(H4,25,26,28)/t17-,18+/m0/s1. The van der Waals surface area contributed by atoms with Crippen molar-refractivity contribution in [3.8, 4) is 0 Å². The molecule has 1 heterocycles. The van der Waals surface area contributed by atoms with Gasteiger partial charge in [-0.25, -0.2) is 18.1 Å². The van der Waals surface area contributed by atoms with Crippen LogP contribution in [0, 0.1) is 0 Å². The Balaban J connectivity index is 1.98. The van der Waals surface area contributed by atoms with E-state index in [1.165, 1.54) is 12.5 Å². The lowest BCUT2D eigenvalue weighted by Crippen LogP contribution is -2.51. The number of Topliss-reactive ketones (excluding diaryl/α,β-unsaturated/α-hetero) is 1. The molecule has 15 heteroatoms. The van der Waals surface area contributed by atoms with E-state index >= 15 is 0 Å². The van der Waals surface area contributed by atoms with Gasteiger partial charge >= 0.3 is 0 Å². The maximum Gasteiger partial charge on any atom is 0.265 e. The smallest absolute Gasteiger partial charge is 0.265 e. The first kappa shape index (κ1) is 30.4. The van der Waals surface area contributed by atoms with Crippen LogP contribution >= 0.6 is 0 Å². The van der Waals surface area contributed by atoms with E-state index in [1.54, 1.807) is 30.3 Å². The Hall–Kier alpha value is -3.82. The highest BCUT2D eigenvalue weighted by atomic mass is 32.2. The highest BCUT2D eigenvalue weighted by molar-refractivity contribution is 7.88. The molecule has 2 aromatic rings. The number of rotatable bonds is 17. The fourth-order valence-electron chi connectivity index (χ4n) is 3.42. The number of sulfonamides is 1. The van der Waals surface area contributed by atoms with Crippen molar-refractivity contribution in [2.75, 3.05) is 19.6 Å². The topological polar surface area (TPSA) is 238 Å². The lowest BCUT2D eigenvalue weighted by atomic mass is 10.1. The number of aromatic nitrogens is 1. The average Bonchev–Trinajstić information content (AvgIpc) is 3.41. The molecule has 1 aromatic heterocycles. The van der Waals surface area contributed by atoms with E-state index in [0.29, 0.717) is 18.4 Å². The van der Waals surface area contributed by atoms with E-state index in [4.69, 9.17) is 21.6 Å². The van der Waals surface area contributed by atoms with Crippen LogP contribution in [0.3, 0.4) is 0 Å². The number of aliphatic imine (C=N–C) groups is 1. The Bertz CT molecular complexity index is 1170. The van der Waals surface area contributed by atoms with Gasteiger partial charge in [0, 0.05) is 6.54 Å². The normalized spacial score (nSPS) is 12.8. The zero-order valence-corrected chi connectivity index (χ0v) is 21.7. The van der Waals surface area contributed by atoms with E-state index in [0.717, 1.165) is 0 Å². The number of hydrogen-bond donors (Lipinski definition) is 6. The largest absolute Gasteiger partial charge is 0.442 e. The van der Waals surface area contributed by atoms with Gasteiger partial charge < -0.3 is 32.3 Å². The van der Waals surface area contributed by atoms with Crippen molar-refractivity contribution in [1.29, 1.82) is 0 Å². The lowest BCUT2D eigenvalue weighted by molar-refractivity contribution is -0.127. The molecule has 0 aliphatic rings. The zero-order chi connectivity index (χ0) is 28.0.